The molecular weight excluding hydrogens is 236 g/mol. The molecule has 0 aliphatic carbocycles. The third-order valence-corrected chi connectivity index (χ3v) is 3.17. The minimum atomic E-state index is -0.390. The van der Waals surface area contributed by atoms with E-state index in [-0.39, 0.29) is 5.97 Å². The predicted octanol–water partition coefficient (Wildman–Crippen LogP) is 5.54. The highest BCUT2D eigenvalue weighted by atomic mass is 16.5. The van der Waals surface area contributed by atoms with Crippen molar-refractivity contribution < 1.29 is 9.53 Å². The summed E-state index contributed by atoms with van der Waals surface area (Å²) in [6.07, 6.45) is 19.0. The molecule has 110 valence electrons. The van der Waals surface area contributed by atoms with Crippen LogP contribution >= 0.6 is 0 Å². The first-order chi connectivity index (χ1) is 9.31. The van der Waals surface area contributed by atoms with Gasteiger partial charge in [0, 0.05) is 6.08 Å². The van der Waals surface area contributed by atoms with Crippen LogP contribution < -0.4 is 0 Å². The quantitative estimate of drug-likeness (QED) is 0.189. The smallest absolute Gasteiger partial charge is 0.334 e. The molecule has 0 aromatic rings. The molecule has 0 N–H and O–H groups in total. The van der Waals surface area contributed by atoms with E-state index < -0.39 is 0 Å². The van der Waals surface area contributed by atoms with E-state index in [0.717, 1.165) is 6.42 Å². The van der Waals surface area contributed by atoms with E-state index >= 15 is 0 Å². The maximum Gasteiger partial charge on any atom is 0.334 e. The van der Waals surface area contributed by atoms with Gasteiger partial charge >= 0.3 is 5.97 Å². The van der Waals surface area contributed by atoms with E-state index in [9.17, 15) is 4.79 Å². The van der Waals surface area contributed by atoms with Gasteiger partial charge in [0.2, 0.25) is 0 Å². The van der Waals surface area contributed by atoms with Crippen LogP contribution in [0.15, 0.2) is 25.0 Å². The van der Waals surface area contributed by atoms with Gasteiger partial charge in [-0.1, -0.05) is 71.3 Å². The number of allylic oxidation sites excluding steroid dienone is 1. The number of rotatable bonds is 13. The number of unbranched alkanes of at least 4 members (excludes halogenated alkanes) is 10. The first kappa shape index (κ1) is 17.9. The minimum absolute atomic E-state index is 0.390. The minimum Gasteiger partial charge on any atom is -0.432 e. The van der Waals surface area contributed by atoms with Gasteiger partial charge in [0.15, 0.2) is 0 Å². The summed E-state index contributed by atoms with van der Waals surface area (Å²) in [5.74, 6) is -0.390. The van der Waals surface area contributed by atoms with Gasteiger partial charge < -0.3 is 4.74 Å². The van der Waals surface area contributed by atoms with Crippen molar-refractivity contribution in [2.45, 2.75) is 77.6 Å². The van der Waals surface area contributed by atoms with Crippen molar-refractivity contribution >= 4 is 5.97 Å². The van der Waals surface area contributed by atoms with Crippen molar-refractivity contribution in [2.75, 3.05) is 0 Å². The SMILES string of the molecule is C=CC(=O)OC=CCCCCCCCCCCCC. The van der Waals surface area contributed by atoms with Gasteiger partial charge in [-0.2, -0.15) is 0 Å². The summed E-state index contributed by atoms with van der Waals surface area (Å²) in [4.78, 5) is 10.7. The Labute approximate surface area is 118 Å². The summed E-state index contributed by atoms with van der Waals surface area (Å²) < 4.78 is 4.75. The average Bonchev–Trinajstić information content (AvgIpc) is 2.43. The number of carbonyl (C=O) groups is 1. The Bertz CT molecular complexity index is 244. The van der Waals surface area contributed by atoms with E-state index in [1.807, 2.05) is 6.08 Å². The molecule has 0 fully saturated rings. The first-order valence-corrected chi connectivity index (χ1v) is 7.79. The molecule has 0 unspecified atom stereocenters. The molecule has 0 aliphatic heterocycles. The van der Waals surface area contributed by atoms with E-state index in [1.54, 1.807) is 0 Å². The highest BCUT2D eigenvalue weighted by Gasteiger charge is 1.92. The van der Waals surface area contributed by atoms with E-state index in [0.29, 0.717) is 0 Å². The molecule has 0 heterocycles. The lowest BCUT2D eigenvalue weighted by molar-refractivity contribution is -0.132. The Morgan fingerprint density at radius 3 is 2.00 bits per heavy atom. The summed E-state index contributed by atoms with van der Waals surface area (Å²) in [6.45, 7) is 5.59. The fraction of sp³-hybridized carbons (Fsp3) is 0.706. The van der Waals surface area contributed by atoms with Crippen LogP contribution in [0.5, 0.6) is 0 Å². The molecule has 19 heavy (non-hydrogen) atoms. The summed E-state index contributed by atoms with van der Waals surface area (Å²) in [5, 5.41) is 0. The topological polar surface area (TPSA) is 26.3 Å². The lowest BCUT2D eigenvalue weighted by atomic mass is 10.1. The van der Waals surface area contributed by atoms with Crippen LogP contribution in [0.2, 0.25) is 0 Å². The van der Waals surface area contributed by atoms with Gasteiger partial charge in [-0.05, 0) is 18.9 Å². The summed E-state index contributed by atoms with van der Waals surface area (Å²) >= 11 is 0. The zero-order chi connectivity index (χ0) is 14.2. The van der Waals surface area contributed by atoms with Crippen LogP contribution in [0.3, 0.4) is 0 Å². The summed E-state index contributed by atoms with van der Waals surface area (Å²) in [7, 11) is 0. The van der Waals surface area contributed by atoms with E-state index in [1.165, 1.54) is 76.5 Å². The van der Waals surface area contributed by atoms with Crippen LogP contribution in [0.1, 0.15) is 77.6 Å². The number of esters is 1. The van der Waals surface area contributed by atoms with Gasteiger partial charge in [-0.15, -0.1) is 0 Å². The Morgan fingerprint density at radius 2 is 1.47 bits per heavy atom. The zero-order valence-electron chi connectivity index (χ0n) is 12.5. The Hall–Kier alpha value is -1.05. The predicted molar refractivity (Wildman–Crippen MR) is 81.9 cm³/mol. The number of hydrogen-bond donors (Lipinski definition) is 0. The van der Waals surface area contributed by atoms with Crippen molar-refractivity contribution in [3.05, 3.63) is 25.0 Å². The van der Waals surface area contributed by atoms with Gasteiger partial charge in [-0.3, -0.25) is 0 Å². The van der Waals surface area contributed by atoms with Crippen molar-refractivity contribution in [3.8, 4) is 0 Å². The molecule has 2 nitrogen and oxygen atoms in total. The van der Waals surface area contributed by atoms with Crippen molar-refractivity contribution in [1.82, 2.24) is 0 Å². The maximum atomic E-state index is 10.7. The molecule has 0 aliphatic rings. The summed E-state index contributed by atoms with van der Waals surface area (Å²) in [5.41, 5.74) is 0. The molecule has 0 aromatic carbocycles. The highest BCUT2D eigenvalue weighted by Crippen LogP contribution is 2.11. The maximum absolute atomic E-state index is 10.7. The Kier molecular flexibility index (Phi) is 14.2. The molecule has 0 spiro atoms. The van der Waals surface area contributed by atoms with Crippen LogP contribution in [0, 0.1) is 0 Å². The van der Waals surface area contributed by atoms with E-state index in [4.69, 9.17) is 4.74 Å². The molecule has 0 amide bonds. The van der Waals surface area contributed by atoms with Crippen molar-refractivity contribution in [1.29, 1.82) is 0 Å². The summed E-state index contributed by atoms with van der Waals surface area (Å²) in [6, 6.07) is 0. The number of hydrogen-bond acceptors (Lipinski definition) is 2. The lowest BCUT2D eigenvalue weighted by Crippen LogP contribution is -1.91. The normalized spacial score (nSPS) is 10.8. The largest absolute Gasteiger partial charge is 0.432 e. The average molecular weight is 266 g/mol. The Balaban J connectivity index is 3.10. The molecule has 0 atom stereocenters. The van der Waals surface area contributed by atoms with Gasteiger partial charge in [0.05, 0.1) is 6.26 Å². The van der Waals surface area contributed by atoms with Gasteiger partial charge in [0.1, 0.15) is 0 Å². The molecule has 0 rings (SSSR count). The standard InChI is InChI=1S/C17H30O2/c1-3-5-6-7-8-9-10-11-12-13-14-15-16-19-17(18)4-2/h4,15-16H,2-3,5-14H2,1H3. The third kappa shape index (κ3) is 14.9. The van der Waals surface area contributed by atoms with Crippen molar-refractivity contribution in [3.63, 3.8) is 0 Å². The van der Waals surface area contributed by atoms with Gasteiger partial charge in [-0.25, -0.2) is 4.79 Å². The lowest BCUT2D eigenvalue weighted by Gasteiger charge is -2.01. The second-order valence-corrected chi connectivity index (χ2v) is 4.98. The Morgan fingerprint density at radius 1 is 0.947 bits per heavy atom. The second-order valence-electron chi connectivity index (χ2n) is 4.98. The fourth-order valence-electron chi connectivity index (χ4n) is 1.98. The van der Waals surface area contributed by atoms with E-state index in [2.05, 4.69) is 13.5 Å². The first-order valence-electron chi connectivity index (χ1n) is 7.79. The van der Waals surface area contributed by atoms with Crippen LogP contribution in [-0.4, -0.2) is 5.97 Å². The molecule has 0 saturated heterocycles. The monoisotopic (exact) mass is 266 g/mol. The molecule has 2 heteroatoms. The molecule has 0 bridgehead atoms. The third-order valence-electron chi connectivity index (χ3n) is 3.17. The van der Waals surface area contributed by atoms with Crippen LogP contribution in [0.25, 0.3) is 0 Å². The second kappa shape index (κ2) is 15.0. The molecule has 0 radical (unpaired) electrons. The molecule has 0 saturated carbocycles. The number of ether oxygens (including phenoxy) is 1. The van der Waals surface area contributed by atoms with Crippen molar-refractivity contribution in [2.24, 2.45) is 0 Å². The molecular formula is C17H30O2. The number of carbonyl (C=O) groups excluding carboxylic acids is 1. The highest BCUT2D eigenvalue weighted by molar-refractivity contribution is 5.81. The van der Waals surface area contributed by atoms with Crippen LogP contribution in [-0.2, 0) is 9.53 Å². The van der Waals surface area contributed by atoms with Gasteiger partial charge in [0.25, 0.3) is 0 Å². The fourth-order valence-corrected chi connectivity index (χ4v) is 1.98. The zero-order valence-corrected chi connectivity index (χ0v) is 12.5. The molecule has 0 aromatic heterocycles. The van der Waals surface area contributed by atoms with Crippen LogP contribution in [0.4, 0.5) is 0 Å².